The molecule has 5 heteroatoms. The topological polar surface area (TPSA) is 35.3 Å². The fraction of sp³-hybridized carbons (Fsp3) is 0.250. The largest absolute Gasteiger partial charge is 0.438 e. The Balaban J connectivity index is 2.37. The van der Waals surface area contributed by atoms with Crippen LogP contribution in [0.15, 0.2) is 28.8 Å². The molecule has 17 heavy (non-hydrogen) atoms. The van der Waals surface area contributed by atoms with Gasteiger partial charge in [-0.15, -0.1) is 0 Å². The number of benzene rings is 1. The zero-order chi connectivity index (χ0) is 12.4. The Morgan fingerprint density at radius 1 is 1.35 bits per heavy atom. The fourth-order valence-electron chi connectivity index (χ4n) is 1.38. The van der Waals surface area contributed by atoms with Crippen LogP contribution in [0.2, 0.25) is 10.0 Å². The predicted octanol–water partition coefficient (Wildman–Crippen LogP) is 4.36. The number of oxazole rings is 1. The minimum Gasteiger partial charge on any atom is -0.438 e. The average molecular weight is 272 g/mol. The van der Waals surface area contributed by atoms with E-state index >= 15 is 0 Å². The number of halogens is 2. The molecule has 0 aliphatic carbocycles. The number of rotatable bonds is 3. The van der Waals surface area contributed by atoms with Crippen LogP contribution in [0, 0.1) is 0 Å². The van der Waals surface area contributed by atoms with Crippen molar-refractivity contribution in [3.8, 4) is 11.5 Å². The summed E-state index contributed by atoms with van der Waals surface area (Å²) in [6, 6.07) is 5.17. The second kappa shape index (κ2) is 5.08. The second-order valence-electron chi connectivity index (χ2n) is 3.57. The minimum absolute atomic E-state index is 0.137. The monoisotopic (exact) mass is 271 g/mol. The van der Waals surface area contributed by atoms with Gasteiger partial charge in [0.2, 0.25) is 5.89 Å². The smallest absolute Gasteiger partial charge is 0.227 e. The van der Waals surface area contributed by atoms with Crippen molar-refractivity contribution in [1.29, 1.82) is 0 Å². The van der Waals surface area contributed by atoms with Gasteiger partial charge in [-0.25, -0.2) is 4.98 Å². The Labute approximate surface area is 109 Å². The molecule has 0 saturated heterocycles. The summed E-state index contributed by atoms with van der Waals surface area (Å²) < 4.78 is 10.7. The van der Waals surface area contributed by atoms with E-state index in [-0.39, 0.29) is 6.10 Å². The lowest BCUT2D eigenvalue weighted by molar-refractivity contribution is 0.100. The van der Waals surface area contributed by atoms with Gasteiger partial charge in [0.05, 0.1) is 16.8 Å². The van der Waals surface area contributed by atoms with E-state index in [4.69, 9.17) is 32.4 Å². The maximum absolute atomic E-state index is 6.07. The van der Waals surface area contributed by atoms with E-state index in [1.807, 2.05) is 6.92 Å². The fourth-order valence-corrected chi connectivity index (χ4v) is 1.87. The van der Waals surface area contributed by atoms with Gasteiger partial charge >= 0.3 is 0 Å². The molecule has 0 aliphatic heterocycles. The van der Waals surface area contributed by atoms with Crippen molar-refractivity contribution < 1.29 is 9.15 Å². The number of methoxy groups -OCH3 is 1. The maximum atomic E-state index is 6.07. The third kappa shape index (κ3) is 2.63. The predicted molar refractivity (Wildman–Crippen MR) is 67.4 cm³/mol. The molecule has 1 heterocycles. The highest BCUT2D eigenvalue weighted by atomic mass is 35.5. The molecule has 90 valence electrons. The first-order valence-electron chi connectivity index (χ1n) is 5.05. The SMILES string of the molecule is COC(C)c1cnc(-c2ccc(Cl)cc2Cl)o1. The Morgan fingerprint density at radius 2 is 2.12 bits per heavy atom. The van der Waals surface area contributed by atoms with Gasteiger partial charge in [0.15, 0.2) is 5.76 Å². The summed E-state index contributed by atoms with van der Waals surface area (Å²) in [5, 5.41) is 1.09. The molecular formula is C12H11Cl2NO2. The van der Waals surface area contributed by atoms with Crippen LogP contribution in [0.5, 0.6) is 0 Å². The Hall–Kier alpha value is -1.03. The molecule has 0 N–H and O–H groups in total. The standard InChI is InChI=1S/C12H11Cl2NO2/c1-7(16-2)11-6-15-12(17-11)9-4-3-8(13)5-10(9)14/h3-7H,1-2H3. The molecule has 0 fully saturated rings. The zero-order valence-corrected chi connectivity index (χ0v) is 10.9. The first-order chi connectivity index (χ1) is 8.11. The maximum Gasteiger partial charge on any atom is 0.227 e. The van der Waals surface area contributed by atoms with E-state index in [2.05, 4.69) is 4.98 Å². The van der Waals surface area contributed by atoms with E-state index in [0.29, 0.717) is 27.3 Å². The third-order valence-electron chi connectivity index (χ3n) is 2.44. The van der Waals surface area contributed by atoms with Gasteiger partial charge in [-0.05, 0) is 25.1 Å². The number of hydrogen-bond acceptors (Lipinski definition) is 3. The number of nitrogens with zero attached hydrogens (tertiary/aromatic N) is 1. The Bertz CT molecular complexity index is 525. The molecule has 0 aliphatic rings. The van der Waals surface area contributed by atoms with Crippen molar-refractivity contribution in [2.45, 2.75) is 13.0 Å². The molecule has 1 aromatic carbocycles. The first kappa shape index (κ1) is 12.4. The van der Waals surface area contributed by atoms with E-state index < -0.39 is 0 Å². The second-order valence-corrected chi connectivity index (χ2v) is 4.41. The molecule has 3 nitrogen and oxygen atoms in total. The summed E-state index contributed by atoms with van der Waals surface area (Å²) in [5.41, 5.74) is 0.714. The molecule has 2 rings (SSSR count). The van der Waals surface area contributed by atoms with E-state index in [0.717, 1.165) is 0 Å². The van der Waals surface area contributed by atoms with E-state index in [9.17, 15) is 0 Å². The Morgan fingerprint density at radius 3 is 2.76 bits per heavy atom. The van der Waals surface area contributed by atoms with Gasteiger partial charge in [0.1, 0.15) is 6.10 Å². The quantitative estimate of drug-likeness (QED) is 0.832. The zero-order valence-electron chi connectivity index (χ0n) is 9.41. The normalized spacial score (nSPS) is 12.7. The van der Waals surface area contributed by atoms with Crippen LogP contribution in [0.4, 0.5) is 0 Å². The van der Waals surface area contributed by atoms with Crippen molar-refractivity contribution in [3.63, 3.8) is 0 Å². The van der Waals surface area contributed by atoms with Crippen LogP contribution in [0.25, 0.3) is 11.5 Å². The number of hydrogen-bond donors (Lipinski definition) is 0. The van der Waals surface area contributed by atoms with Gasteiger partial charge in [-0.1, -0.05) is 23.2 Å². The van der Waals surface area contributed by atoms with Crippen LogP contribution in [0.3, 0.4) is 0 Å². The summed E-state index contributed by atoms with van der Waals surface area (Å²) in [6.07, 6.45) is 1.50. The summed E-state index contributed by atoms with van der Waals surface area (Å²) >= 11 is 11.9. The molecule has 1 atom stereocenters. The van der Waals surface area contributed by atoms with E-state index in [1.165, 1.54) is 0 Å². The highest BCUT2D eigenvalue weighted by molar-refractivity contribution is 6.36. The highest BCUT2D eigenvalue weighted by Gasteiger charge is 2.14. The molecule has 1 unspecified atom stereocenters. The third-order valence-corrected chi connectivity index (χ3v) is 2.99. The van der Waals surface area contributed by atoms with E-state index in [1.54, 1.807) is 31.5 Å². The lowest BCUT2D eigenvalue weighted by Crippen LogP contribution is -1.92. The first-order valence-corrected chi connectivity index (χ1v) is 5.81. The molecule has 1 aromatic heterocycles. The summed E-state index contributed by atoms with van der Waals surface area (Å²) in [6.45, 7) is 1.88. The van der Waals surface area contributed by atoms with Crippen molar-refractivity contribution in [3.05, 3.63) is 40.2 Å². The molecule has 0 amide bonds. The van der Waals surface area contributed by atoms with Crippen LogP contribution in [0.1, 0.15) is 18.8 Å². The van der Waals surface area contributed by atoms with Gasteiger partial charge < -0.3 is 9.15 Å². The lowest BCUT2D eigenvalue weighted by atomic mass is 10.2. The van der Waals surface area contributed by atoms with Crippen LogP contribution in [-0.2, 0) is 4.74 Å². The molecule has 0 bridgehead atoms. The van der Waals surface area contributed by atoms with Crippen molar-refractivity contribution in [2.75, 3.05) is 7.11 Å². The van der Waals surface area contributed by atoms with Crippen LogP contribution in [-0.4, -0.2) is 12.1 Å². The number of ether oxygens (including phenoxy) is 1. The van der Waals surface area contributed by atoms with Gasteiger partial charge in [-0.3, -0.25) is 0 Å². The van der Waals surface area contributed by atoms with Crippen LogP contribution >= 0.6 is 23.2 Å². The summed E-state index contributed by atoms with van der Waals surface area (Å²) in [4.78, 5) is 4.17. The highest BCUT2D eigenvalue weighted by Crippen LogP contribution is 2.31. The molecular weight excluding hydrogens is 261 g/mol. The molecule has 0 saturated carbocycles. The van der Waals surface area contributed by atoms with Crippen molar-refractivity contribution in [2.24, 2.45) is 0 Å². The average Bonchev–Trinajstić information content (AvgIpc) is 2.77. The number of aromatic nitrogens is 1. The summed E-state index contributed by atoms with van der Waals surface area (Å²) in [7, 11) is 1.61. The molecule has 0 radical (unpaired) electrons. The summed E-state index contributed by atoms with van der Waals surface area (Å²) in [5.74, 6) is 1.12. The van der Waals surface area contributed by atoms with Gasteiger partial charge in [-0.2, -0.15) is 0 Å². The minimum atomic E-state index is -0.137. The molecule has 0 spiro atoms. The van der Waals surface area contributed by atoms with Gasteiger partial charge in [0.25, 0.3) is 0 Å². The molecule has 2 aromatic rings. The van der Waals surface area contributed by atoms with Crippen LogP contribution < -0.4 is 0 Å². The van der Waals surface area contributed by atoms with Crippen molar-refractivity contribution in [1.82, 2.24) is 4.98 Å². The van der Waals surface area contributed by atoms with Gasteiger partial charge in [0, 0.05) is 12.1 Å². The lowest BCUT2D eigenvalue weighted by Gasteiger charge is -2.04. The van der Waals surface area contributed by atoms with Crippen molar-refractivity contribution >= 4 is 23.2 Å². The Kier molecular flexibility index (Phi) is 3.72.